The summed E-state index contributed by atoms with van der Waals surface area (Å²) >= 11 is 0. The van der Waals surface area contributed by atoms with Gasteiger partial charge in [-0.3, -0.25) is 4.79 Å². The number of benzene rings is 2. The third-order valence-electron chi connectivity index (χ3n) is 6.11. The minimum Gasteiger partial charge on any atom is -0.443 e. The molecule has 0 bridgehead atoms. The van der Waals surface area contributed by atoms with Gasteiger partial charge in [0.05, 0.1) is 18.3 Å². The molecule has 0 fully saturated rings. The number of carbonyl (C=O) groups excluding carboxylic acids is 1. The summed E-state index contributed by atoms with van der Waals surface area (Å²) in [4.78, 5) is 21.7. The van der Waals surface area contributed by atoms with E-state index in [-0.39, 0.29) is 24.4 Å². The second-order valence-corrected chi connectivity index (χ2v) is 9.15. The lowest BCUT2D eigenvalue weighted by molar-refractivity contribution is 0.0829. The van der Waals surface area contributed by atoms with Crippen LogP contribution in [0.15, 0.2) is 71.5 Å². The van der Waals surface area contributed by atoms with E-state index in [9.17, 15) is 18.7 Å². The number of aliphatic hydroxyl groups is 1. The third-order valence-corrected chi connectivity index (χ3v) is 6.11. The molecular formula is C29H30F2N4O3. The Morgan fingerprint density at radius 2 is 1.82 bits per heavy atom. The number of pyridine rings is 1. The second-order valence-electron chi connectivity index (χ2n) is 9.15. The average Bonchev–Trinajstić information content (AvgIpc) is 3.43. The van der Waals surface area contributed by atoms with Crippen LogP contribution in [0.3, 0.4) is 0 Å². The molecule has 1 amide bonds. The van der Waals surface area contributed by atoms with Crippen molar-refractivity contribution in [2.24, 2.45) is 0 Å². The van der Waals surface area contributed by atoms with Gasteiger partial charge in [-0.2, -0.15) is 0 Å². The lowest BCUT2D eigenvalue weighted by atomic mass is 10.00. The zero-order chi connectivity index (χ0) is 27.1. The van der Waals surface area contributed by atoms with Crippen molar-refractivity contribution in [3.8, 4) is 11.6 Å². The summed E-state index contributed by atoms with van der Waals surface area (Å²) in [6, 6.07) is 13.6. The van der Waals surface area contributed by atoms with E-state index in [1.54, 1.807) is 19.1 Å². The normalized spacial score (nSPS) is 12.8. The minimum absolute atomic E-state index is 0.0191. The number of hydrogen-bond donors (Lipinski definition) is 3. The van der Waals surface area contributed by atoms with Crippen LogP contribution in [0, 0.1) is 18.6 Å². The van der Waals surface area contributed by atoms with Gasteiger partial charge in [0.1, 0.15) is 23.6 Å². The molecule has 0 aliphatic heterocycles. The van der Waals surface area contributed by atoms with Gasteiger partial charge in [-0.05, 0) is 60.7 Å². The first-order chi connectivity index (χ1) is 18.3. The van der Waals surface area contributed by atoms with Crippen LogP contribution >= 0.6 is 0 Å². The summed E-state index contributed by atoms with van der Waals surface area (Å²) in [7, 11) is 0. The van der Waals surface area contributed by atoms with Gasteiger partial charge in [-0.25, -0.2) is 18.7 Å². The van der Waals surface area contributed by atoms with E-state index in [0.29, 0.717) is 23.5 Å². The van der Waals surface area contributed by atoms with Crippen LogP contribution in [0.4, 0.5) is 8.78 Å². The maximum atomic E-state index is 13.9. The van der Waals surface area contributed by atoms with Crippen LogP contribution in [-0.4, -0.2) is 39.7 Å². The van der Waals surface area contributed by atoms with E-state index >= 15 is 0 Å². The smallest absolute Gasteiger partial charge is 0.251 e. The highest BCUT2D eigenvalue weighted by Crippen LogP contribution is 2.18. The molecule has 7 nitrogen and oxygen atoms in total. The molecule has 0 saturated carbocycles. The van der Waals surface area contributed by atoms with Crippen LogP contribution in [0.5, 0.6) is 0 Å². The fourth-order valence-electron chi connectivity index (χ4n) is 4.24. The number of nitrogens with one attached hydrogen (secondary N) is 2. The molecule has 2 aromatic carbocycles. The quantitative estimate of drug-likeness (QED) is 0.272. The van der Waals surface area contributed by atoms with Crippen LogP contribution in [0.2, 0.25) is 0 Å². The maximum absolute atomic E-state index is 13.9. The number of halogens is 2. The first-order valence-corrected chi connectivity index (χ1v) is 12.4. The number of aliphatic hydroxyl groups excluding tert-OH is 1. The molecule has 3 N–H and O–H groups in total. The van der Waals surface area contributed by atoms with E-state index in [1.807, 2.05) is 12.1 Å². The Morgan fingerprint density at radius 3 is 2.53 bits per heavy atom. The van der Waals surface area contributed by atoms with E-state index in [4.69, 9.17) is 4.42 Å². The van der Waals surface area contributed by atoms with Gasteiger partial charge in [0.15, 0.2) is 0 Å². The zero-order valence-corrected chi connectivity index (χ0v) is 21.2. The first kappa shape index (κ1) is 27.1. The van der Waals surface area contributed by atoms with Gasteiger partial charge < -0.3 is 20.2 Å². The zero-order valence-electron chi connectivity index (χ0n) is 21.2. The fourth-order valence-corrected chi connectivity index (χ4v) is 4.24. The number of rotatable bonds is 11. The molecule has 2 aromatic heterocycles. The standard InChI is InChI=1S/C29H30F2N4O3/c1-3-19-5-4-6-20(10-19)16-32-17-27(36)25(13-21-11-23(30)15-24(31)12-21)35-28(37)22-9-18(2)34-26(14-22)29-33-7-8-38-29/h4-12,14-15,25,27,32,36H,3,13,16-17H2,1-2H3,(H,35,37)/t25-,27+/m0/s1. The molecule has 198 valence electrons. The van der Waals surface area contributed by atoms with Crippen molar-refractivity contribution >= 4 is 5.91 Å². The topological polar surface area (TPSA) is 100 Å². The Hall–Kier alpha value is -3.95. The largest absolute Gasteiger partial charge is 0.443 e. The van der Waals surface area contributed by atoms with Crippen LogP contribution in [0.25, 0.3) is 11.6 Å². The van der Waals surface area contributed by atoms with Crippen molar-refractivity contribution < 1.29 is 23.1 Å². The lowest BCUT2D eigenvalue weighted by Gasteiger charge is -2.25. The lowest BCUT2D eigenvalue weighted by Crippen LogP contribution is -2.48. The highest BCUT2D eigenvalue weighted by molar-refractivity contribution is 5.95. The molecule has 0 aliphatic rings. The maximum Gasteiger partial charge on any atom is 0.251 e. The summed E-state index contributed by atoms with van der Waals surface area (Å²) in [5.74, 6) is -1.66. The Morgan fingerprint density at radius 1 is 1.05 bits per heavy atom. The van der Waals surface area contributed by atoms with Crippen molar-refractivity contribution in [1.29, 1.82) is 0 Å². The van der Waals surface area contributed by atoms with E-state index in [2.05, 4.69) is 39.7 Å². The Labute approximate surface area is 220 Å². The predicted molar refractivity (Wildman–Crippen MR) is 139 cm³/mol. The van der Waals surface area contributed by atoms with Crippen LogP contribution < -0.4 is 10.6 Å². The summed E-state index contributed by atoms with van der Waals surface area (Å²) in [5, 5.41) is 17.1. The van der Waals surface area contributed by atoms with Gasteiger partial charge in [0.25, 0.3) is 5.91 Å². The molecular weight excluding hydrogens is 490 g/mol. The highest BCUT2D eigenvalue weighted by atomic mass is 19.1. The van der Waals surface area contributed by atoms with Gasteiger partial charge in [0.2, 0.25) is 5.89 Å². The summed E-state index contributed by atoms with van der Waals surface area (Å²) in [5.41, 5.74) is 3.84. The molecule has 0 unspecified atom stereocenters. The van der Waals surface area contributed by atoms with Gasteiger partial charge in [-0.15, -0.1) is 0 Å². The van der Waals surface area contributed by atoms with Gasteiger partial charge >= 0.3 is 0 Å². The Bertz CT molecular complexity index is 1360. The highest BCUT2D eigenvalue weighted by Gasteiger charge is 2.24. The molecule has 9 heteroatoms. The van der Waals surface area contributed by atoms with Crippen molar-refractivity contribution in [3.63, 3.8) is 0 Å². The second kappa shape index (κ2) is 12.5. The van der Waals surface area contributed by atoms with E-state index < -0.39 is 29.7 Å². The number of amides is 1. The number of aromatic nitrogens is 2. The Balaban J connectivity index is 1.51. The van der Waals surface area contributed by atoms with Gasteiger partial charge in [-0.1, -0.05) is 31.2 Å². The minimum atomic E-state index is -1.05. The van der Waals surface area contributed by atoms with Gasteiger partial charge in [0, 0.05) is 30.4 Å². The molecule has 4 rings (SSSR count). The van der Waals surface area contributed by atoms with Crippen LogP contribution in [0.1, 0.15) is 39.7 Å². The fraction of sp³-hybridized carbons (Fsp3) is 0.276. The summed E-state index contributed by atoms with van der Waals surface area (Å²) in [6.07, 6.45) is 2.78. The number of oxazole rings is 1. The average molecular weight is 521 g/mol. The molecule has 2 atom stereocenters. The summed E-state index contributed by atoms with van der Waals surface area (Å²) in [6.45, 7) is 4.49. The van der Waals surface area contributed by atoms with Crippen molar-refractivity contribution in [2.75, 3.05) is 6.54 Å². The molecule has 0 spiro atoms. The monoisotopic (exact) mass is 520 g/mol. The predicted octanol–water partition coefficient (Wildman–Crippen LogP) is 4.38. The van der Waals surface area contributed by atoms with Crippen molar-refractivity contribution in [3.05, 3.63) is 107 Å². The molecule has 2 heterocycles. The Kier molecular flexibility index (Phi) is 8.93. The summed E-state index contributed by atoms with van der Waals surface area (Å²) < 4.78 is 33.0. The number of hydrogen-bond acceptors (Lipinski definition) is 6. The number of carbonyl (C=O) groups is 1. The molecule has 0 radical (unpaired) electrons. The van der Waals surface area contributed by atoms with Crippen molar-refractivity contribution in [2.45, 2.75) is 45.4 Å². The third kappa shape index (κ3) is 7.30. The van der Waals surface area contributed by atoms with E-state index in [0.717, 1.165) is 18.1 Å². The molecule has 0 aliphatic carbocycles. The molecule has 0 saturated heterocycles. The number of nitrogens with zero attached hydrogens (tertiary/aromatic N) is 2. The molecule has 4 aromatic rings. The van der Waals surface area contributed by atoms with Crippen LogP contribution in [-0.2, 0) is 19.4 Å². The number of aryl methyl sites for hydroxylation is 2. The first-order valence-electron chi connectivity index (χ1n) is 12.4. The van der Waals surface area contributed by atoms with Crippen molar-refractivity contribution in [1.82, 2.24) is 20.6 Å². The van der Waals surface area contributed by atoms with E-state index in [1.165, 1.54) is 30.2 Å². The SMILES string of the molecule is CCc1cccc(CNC[C@@H](O)[C@H](Cc2cc(F)cc(F)c2)NC(=O)c2cc(C)nc(-c3ncco3)c2)c1. The molecule has 38 heavy (non-hydrogen) atoms.